The summed E-state index contributed by atoms with van der Waals surface area (Å²) in [5.41, 5.74) is 0.603. The number of imide groups is 1. The van der Waals surface area contributed by atoms with Crippen LogP contribution >= 0.6 is 0 Å². The Kier molecular flexibility index (Phi) is 6.82. The van der Waals surface area contributed by atoms with Crippen LogP contribution in [0.25, 0.3) is 11.0 Å². The second kappa shape index (κ2) is 9.56. The molecule has 3 rings (SSSR count). The maximum atomic E-state index is 12.6. The number of carbonyl (C=O) groups excluding carboxylic acids is 3. The van der Waals surface area contributed by atoms with Gasteiger partial charge in [0.05, 0.1) is 21.5 Å². The number of amides is 3. The number of aromatic amines is 2. The van der Waals surface area contributed by atoms with E-state index < -0.39 is 39.7 Å². The number of ether oxygens (including phenoxy) is 1. The number of H-pyrrole nitrogens is 2. The minimum Gasteiger partial charge on any atom is -0.449 e. The largest absolute Gasteiger partial charge is 0.449 e. The van der Waals surface area contributed by atoms with Gasteiger partial charge in [0.1, 0.15) is 0 Å². The van der Waals surface area contributed by atoms with Gasteiger partial charge in [0, 0.05) is 12.2 Å². The van der Waals surface area contributed by atoms with E-state index in [1.807, 2.05) is 5.32 Å². The van der Waals surface area contributed by atoms with Gasteiger partial charge in [0.25, 0.3) is 15.9 Å². The van der Waals surface area contributed by atoms with Crippen molar-refractivity contribution in [1.82, 2.24) is 20.6 Å². The molecule has 0 saturated carbocycles. The highest BCUT2D eigenvalue weighted by Crippen LogP contribution is 2.20. The number of aromatic nitrogens is 2. The van der Waals surface area contributed by atoms with Gasteiger partial charge in [0.2, 0.25) is 0 Å². The summed E-state index contributed by atoms with van der Waals surface area (Å²) in [7, 11) is -3.97. The highest BCUT2D eigenvalue weighted by molar-refractivity contribution is 7.92. The van der Waals surface area contributed by atoms with Gasteiger partial charge in [-0.05, 0) is 56.3 Å². The Morgan fingerprint density at radius 3 is 2.36 bits per heavy atom. The van der Waals surface area contributed by atoms with E-state index in [4.69, 9.17) is 4.74 Å². The SMILES string of the molecule is CCNC(=O)NC(=O)[C@H](C)OC(=O)c1ccc(NS(=O)(=O)c2ccc3[nH]c(=O)[nH]c3c2)cc1. The predicted octanol–water partition coefficient (Wildman–Crippen LogP) is 1.05. The van der Waals surface area contributed by atoms with E-state index in [0.29, 0.717) is 17.6 Å². The molecule has 1 heterocycles. The highest BCUT2D eigenvalue weighted by atomic mass is 32.2. The first-order chi connectivity index (χ1) is 15.6. The topological polar surface area (TPSA) is 179 Å². The molecule has 174 valence electrons. The van der Waals surface area contributed by atoms with E-state index in [9.17, 15) is 27.6 Å². The summed E-state index contributed by atoms with van der Waals surface area (Å²) in [5, 5.41) is 4.41. The molecule has 0 spiro atoms. The molecule has 0 radical (unpaired) electrons. The van der Waals surface area contributed by atoms with Gasteiger partial charge in [-0.2, -0.15) is 0 Å². The third kappa shape index (κ3) is 5.77. The van der Waals surface area contributed by atoms with Gasteiger partial charge < -0.3 is 20.0 Å². The van der Waals surface area contributed by atoms with E-state index in [0.717, 1.165) is 0 Å². The zero-order valence-electron chi connectivity index (χ0n) is 17.6. The number of esters is 1. The molecular weight excluding hydrogens is 454 g/mol. The molecular formula is C20H21N5O7S. The molecule has 0 aliphatic rings. The summed E-state index contributed by atoms with van der Waals surface area (Å²) >= 11 is 0. The molecule has 12 nitrogen and oxygen atoms in total. The van der Waals surface area contributed by atoms with Crippen LogP contribution in [0, 0.1) is 0 Å². The quantitative estimate of drug-likeness (QED) is 0.317. The highest BCUT2D eigenvalue weighted by Gasteiger charge is 2.21. The van der Waals surface area contributed by atoms with Crippen LogP contribution in [0.1, 0.15) is 24.2 Å². The molecule has 33 heavy (non-hydrogen) atoms. The number of hydrogen-bond donors (Lipinski definition) is 5. The first kappa shape index (κ1) is 23.5. The van der Waals surface area contributed by atoms with E-state index >= 15 is 0 Å². The Balaban J connectivity index is 1.65. The lowest BCUT2D eigenvalue weighted by atomic mass is 10.2. The van der Waals surface area contributed by atoms with Gasteiger partial charge in [0.15, 0.2) is 6.10 Å². The van der Waals surface area contributed by atoms with E-state index in [-0.39, 0.29) is 16.1 Å². The number of sulfonamides is 1. The lowest BCUT2D eigenvalue weighted by molar-refractivity contribution is -0.127. The Bertz CT molecular complexity index is 1360. The number of imidazole rings is 1. The van der Waals surface area contributed by atoms with Crippen LogP contribution in [0.2, 0.25) is 0 Å². The number of anilines is 1. The summed E-state index contributed by atoms with van der Waals surface area (Å²) in [4.78, 5) is 51.8. The van der Waals surface area contributed by atoms with Gasteiger partial charge in [-0.1, -0.05) is 0 Å². The van der Waals surface area contributed by atoms with Crippen LogP contribution in [-0.2, 0) is 19.6 Å². The molecule has 1 atom stereocenters. The monoisotopic (exact) mass is 475 g/mol. The molecule has 5 N–H and O–H groups in total. The average Bonchev–Trinajstić information content (AvgIpc) is 3.13. The number of benzene rings is 2. The average molecular weight is 475 g/mol. The lowest BCUT2D eigenvalue weighted by Gasteiger charge is -2.13. The first-order valence-corrected chi connectivity index (χ1v) is 11.2. The summed E-state index contributed by atoms with van der Waals surface area (Å²) in [6.07, 6.45) is -1.23. The van der Waals surface area contributed by atoms with Crippen LogP contribution < -0.4 is 21.0 Å². The molecule has 0 bridgehead atoms. The molecule has 0 fully saturated rings. The predicted molar refractivity (Wildman–Crippen MR) is 118 cm³/mol. The van der Waals surface area contributed by atoms with Crippen LogP contribution in [0.15, 0.2) is 52.2 Å². The molecule has 3 amide bonds. The van der Waals surface area contributed by atoms with Crippen molar-refractivity contribution in [3.05, 3.63) is 58.5 Å². The Hall–Kier alpha value is -4.13. The number of fused-ring (bicyclic) bond motifs is 1. The van der Waals surface area contributed by atoms with Crippen molar-refractivity contribution < 1.29 is 27.5 Å². The Morgan fingerprint density at radius 2 is 1.70 bits per heavy atom. The van der Waals surface area contributed by atoms with Crippen LogP contribution in [0.4, 0.5) is 10.5 Å². The number of carbonyl (C=O) groups is 3. The van der Waals surface area contributed by atoms with Gasteiger partial charge >= 0.3 is 17.7 Å². The fraction of sp³-hybridized carbons (Fsp3) is 0.200. The summed E-state index contributed by atoms with van der Waals surface area (Å²) in [6.45, 7) is 3.31. The number of nitrogens with one attached hydrogen (secondary N) is 5. The molecule has 1 aromatic heterocycles. The maximum absolute atomic E-state index is 12.6. The Morgan fingerprint density at radius 1 is 1.03 bits per heavy atom. The number of urea groups is 1. The Labute approximate surface area is 187 Å². The van der Waals surface area contributed by atoms with Crippen molar-refractivity contribution in [3.8, 4) is 0 Å². The van der Waals surface area contributed by atoms with E-state index in [2.05, 4.69) is 20.0 Å². The summed E-state index contributed by atoms with van der Waals surface area (Å²) < 4.78 is 32.7. The van der Waals surface area contributed by atoms with E-state index in [1.54, 1.807) is 6.92 Å². The van der Waals surface area contributed by atoms with Crippen molar-refractivity contribution in [3.63, 3.8) is 0 Å². The van der Waals surface area contributed by atoms with Crippen molar-refractivity contribution in [2.75, 3.05) is 11.3 Å². The standard InChI is InChI=1S/C20H21N5O7S/c1-3-21-19(28)24-17(26)11(2)32-18(27)12-4-6-13(7-5-12)25-33(30,31)14-8-9-15-16(10-14)23-20(29)22-15/h4-11,25H,3H2,1-2H3,(H2,22,23,29)(H2,21,24,26,28)/t11-/m0/s1. The third-order valence-electron chi connectivity index (χ3n) is 4.40. The second-order valence-electron chi connectivity index (χ2n) is 6.87. The maximum Gasteiger partial charge on any atom is 0.338 e. The van der Waals surface area contributed by atoms with Crippen molar-refractivity contribution in [2.24, 2.45) is 0 Å². The van der Waals surface area contributed by atoms with Crippen molar-refractivity contribution >= 4 is 44.7 Å². The van der Waals surface area contributed by atoms with Crippen LogP contribution in [0.5, 0.6) is 0 Å². The molecule has 0 unspecified atom stereocenters. The molecule has 2 aromatic carbocycles. The molecule has 13 heteroatoms. The third-order valence-corrected chi connectivity index (χ3v) is 5.78. The molecule has 0 saturated heterocycles. The van der Waals surface area contributed by atoms with E-state index in [1.165, 1.54) is 49.4 Å². The smallest absolute Gasteiger partial charge is 0.338 e. The van der Waals surface area contributed by atoms with Crippen LogP contribution in [0.3, 0.4) is 0 Å². The minimum atomic E-state index is -3.97. The van der Waals surface area contributed by atoms with Gasteiger partial charge in [-0.25, -0.2) is 22.8 Å². The molecule has 3 aromatic rings. The van der Waals surface area contributed by atoms with Gasteiger partial charge in [-0.3, -0.25) is 14.8 Å². The summed E-state index contributed by atoms with van der Waals surface area (Å²) in [6, 6.07) is 8.76. The second-order valence-corrected chi connectivity index (χ2v) is 8.55. The van der Waals surface area contributed by atoms with Gasteiger partial charge in [-0.15, -0.1) is 0 Å². The summed E-state index contributed by atoms with van der Waals surface area (Å²) in [5.74, 6) is -1.62. The van der Waals surface area contributed by atoms with Crippen LogP contribution in [-0.4, -0.2) is 48.9 Å². The van der Waals surface area contributed by atoms with Crippen molar-refractivity contribution in [2.45, 2.75) is 24.8 Å². The number of hydrogen-bond acceptors (Lipinski definition) is 7. The van der Waals surface area contributed by atoms with Crippen molar-refractivity contribution in [1.29, 1.82) is 0 Å². The fourth-order valence-electron chi connectivity index (χ4n) is 2.77. The normalized spacial score (nSPS) is 12.1. The fourth-order valence-corrected chi connectivity index (χ4v) is 3.85. The zero-order chi connectivity index (χ0) is 24.2. The first-order valence-electron chi connectivity index (χ1n) is 9.73. The molecule has 0 aliphatic heterocycles. The minimum absolute atomic E-state index is 0.0688. The zero-order valence-corrected chi connectivity index (χ0v) is 18.4. The molecule has 0 aliphatic carbocycles. The number of rotatable bonds is 7. The lowest BCUT2D eigenvalue weighted by Crippen LogP contribution is -2.44.